The van der Waals surface area contributed by atoms with E-state index in [1.54, 1.807) is 0 Å². The maximum absolute atomic E-state index is 11.8. The number of hydrogen-bond donors (Lipinski definition) is 1. The number of hydrogen-bond acceptors (Lipinski definition) is 2. The van der Waals surface area contributed by atoms with Gasteiger partial charge in [0.15, 0.2) is 0 Å². The van der Waals surface area contributed by atoms with Crippen LogP contribution in [-0.2, 0) is 10.8 Å². The molecule has 1 aliphatic rings. The van der Waals surface area contributed by atoms with Crippen molar-refractivity contribution in [3.05, 3.63) is 34.9 Å². The van der Waals surface area contributed by atoms with Gasteiger partial charge in [-0.25, -0.2) is 0 Å². The maximum atomic E-state index is 11.8. The number of rotatable bonds is 1. The second-order valence-corrected chi connectivity index (χ2v) is 6.37. The standard InChI is InChI=1S/C12H16ClNOS/c1-9-6-14-12(8-16(15)7-9)10-2-4-11(13)5-3-10/h2-5,9,12,14H,6-8H2,1H3. The fourth-order valence-electron chi connectivity index (χ4n) is 1.94. The summed E-state index contributed by atoms with van der Waals surface area (Å²) in [7, 11) is -0.719. The van der Waals surface area contributed by atoms with Crippen LogP contribution in [0.15, 0.2) is 24.3 Å². The van der Waals surface area contributed by atoms with Crippen LogP contribution in [0.25, 0.3) is 0 Å². The molecule has 3 atom stereocenters. The molecule has 16 heavy (non-hydrogen) atoms. The van der Waals surface area contributed by atoms with Gasteiger partial charge in [0.2, 0.25) is 0 Å². The van der Waals surface area contributed by atoms with Gasteiger partial charge < -0.3 is 5.32 Å². The SMILES string of the molecule is CC1CNC(c2ccc(Cl)cc2)CS(=O)C1. The Morgan fingerprint density at radius 2 is 2.00 bits per heavy atom. The molecule has 0 radical (unpaired) electrons. The highest BCUT2D eigenvalue weighted by atomic mass is 35.5. The van der Waals surface area contributed by atoms with E-state index in [9.17, 15) is 4.21 Å². The minimum Gasteiger partial charge on any atom is -0.309 e. The zero-order valence-corrected chi connectivity index (χ0v) is 10.9. The van der Waals surface area contributed by atoms with Gasteiger partial charge in [-0.15, -0.1) is 0 Å². The fourth-order valence-corrected chi connectivity index (χ4v) is 3.64. The molecule has 1 heterocycles. The highest BCUT2D eigenvalue weighted by molar-refractivity contribution is 7.85. The first kappa shape index (κ1) is 12.1. The zero-order chi connectivity index (χ0) is 11.5. The van der Waals surface area contributed by atoms with Gasteiger partial charge in [0.1, 0.15) is 0 Å². The van der Waals surface area contributed by atoms with Gasteiger partial charge in [-0.1, -0.05) is 30.7 Å². The molecule has 1 N–H and O–H groups in total. The van der Waals surface area contributed by atoms with E-state index in [4.69, 9.17) is 11.6 Å². The molecule has 1 aliphatic heterocycles. The first-order valence-corrected chi connectivity index (χ1v) is 7.35. The summed E-state index contributed by atoms with van der Waals surface area (Å²) in [5, 5.41) is 4.20. The number of benzene rings is 1. The van der Waals surface area contributed by atoms with Gasteiger partial charge in [-0.05, 0) is 30.2 Å². The summed E-state index contributed by atoms with van der Waals surface area (Å²) in [6, 6.07) is 7.98. The summed E-state index contributed by atoms with van der Waals surface area (Å²) in [6.45, 7) is 3.06. The highest BCUT2D eigenvalue weighted by Crippen LogP contribution is 2.20. The van der Waals surface area contributed by atoms with Crippen molar-refractivity contribution < 1.29 is 4.21 Å². The molecular formula is C12H16ClNOS. The van der Waals surface area contributed by atoms with Gasteiger partial charge >= 0.3 is 0 Å². The lowest BCUT2D eigenvalue weighted by molar-refractivity contribution is 0.517. The summed E-state index contributed by atoms with van der Waals surface area (Å²) in [5.74, 6) is 1.99. The maximum Gasteiger partial charge on any atom is 0.0436 e. The van der Waals surface area contributed by atoms with Crippen molar-refractivity contribution in [1.82, 2.24) is 5.32 Å². The van der Waals surface area contributed by atoms with E-state index >= 15 is 0 Å². The van der Waals surface area contributed by atoms with Crippen molar-refractivity contribution >= 4 is 22.4 Å². The second kappa shape index (κ2) is 5.30. The van der Waals surface area contributed by atoms with E-state index in [-0.39, 0.29) is 6.04 Å². The first-order valence-electron chi connectivity index (χ1n) is 5.49. The highest BCUT2D eigenvalue weighted by Gasteiger charge is 2.21. The van der Waals surface area contributed by atoms with Crippen LogP contribution in [0, 0.1) is 5.92 Å². The summed E-state index contributed by atoms with van der Waals surface area (Å²) < 4.78 is 11.8. The third-order valence-electron chi connectivity index (χ3n) is 2.81. The van der Waals surface area contributed by atoms with Crippen LogP contribution < -0.4 is 5.32 Å². The predicted molar refractivity (Wildman–Crippen MR) is 69.2 cm³/mol. The molecule has 0 spiro atoms. The molecular weight excluding hydrogens is 242 g/mol. The molecule has 0 amide bonds. The Hall–Kier alpha value is -0.380. The average Bonchev–Trinajstić information content (AvgIpc) is 2.41. The minimum absolute atomic E-state index is 0.197. The molecule has 88 valence electrons. The van der Waals surface area contributed by atoms with E-state index in [0.29, 0.717) is 11.7 Å². The molecule has 1 saturated heterocycles. The quantitative estimate of drug-likeness (QED) is 0.837. The molecule has 1 aromatic rings. The molecule has 2 nitrogen and oxygen atoms in total. The molecule has 0 bridgehead atoms. The van der Waals surface area contributed by atoms with E-state index < -0.39 is 10.8 Å². The Morgan fingerprint density at radius 1 is 1.31 bits per heavy atom. The van der Waals surface area contributed by atoms with E-state index in [2.05, 4.69) is 12.2 Å². The van der Waals surface area contributed by atoms with Crippen LogP contribution in [0.4, 0.5) is 0 Å². The van der Waals surface area contributed by atoms with Gasteiger partial charge in [0.25, 0.3) is 0 Å². The Kier molecular flexibility index (Phi) is 4.00. The zero-order valence-electron chi connectivity index (χ0n) is 9.28. The summed E-state index contributed by atoms with van der Waals surface area (Å²) in [4.78, 5) is 0. The van der Waals surface area contributed by atoms with Gasteiger partial charge in [-0.2, -0.15) is 0 Å². The topological polar surface area (TPSA) is 29.1 Å². The van der Waals surface area contributed by atoms with Crippen LogP contribution in [0.1, 0.15) is 18.5 Å². The van der Waals surface area contributed by atoms with Crippen LogP contribution in [-0.4, -0.2) is 22.3 Å². The predicted octanol–water partition coefficient (Wildman–Crippen LogP) is 2.37. The Balaban J connectivity index is 2.14. The fraction of sp³-hybridized carbons (Fsp3) is 0.500. The Bertz CT molecular complexity index is 379. The van der Waals surface area contributed by atoms with E-state index in [1.807, 2.05) is 24.3 Å². The smallest absolute Gasteiger partial charge is 0.0436 e. The van der Waals surface area contributed by atoms with Crippen LogP contribution in [0.5, 0.6) is 0 Å². The normalized spacial score (nSPS) is 31.0. The number of nitrogens with one attached hydrogen (secondary N) is 1. The average molecular weight is 258 g/mol. The molecule has 1 aromatic carbocycles. The monoisotopic (exact) mass is 257 g/mol. The molecule has 1 fully saturated rings. The third kappa shape index (κ3) is 3.06. The van der Waals surface area contributed by atoms with Crippen molar-refractivity contribution in [2.24, 2.45) is 5.92 Å². The molecule has 0 saturated carbocycles. The molecule has 4 heteroatoms. The largest absolute Gasteiger partial charge is 0.309 e. The Morgan fingerprint density at radius 3 is 2.69 bits per heavy atom. The lowest BCUT2D eigenvalue weighted by Crippen LogP contribution is -2.25. The molecule has 2 rings (SSSR count). The number of halogens is 1. The van der Waals surface area contributed by atoms with Gasteiger partial charge in [-0.3, -0.25) is 4.21 Å². The van der Waals surface area contributed by atoms with E-state index in [1.165, 1.54) is 5.56 Å². The van der Waals surface area contributed by atoms with Crippen molar-refractivity contribution in [3.8, 4) is 0 Å². The van der Waals surface area contributed by atoms with E-state index in [0.717, 1.165) is 17.3 Å². The Labute approximate surface area is 104 Å². The van der Waals surface area contributed by atoms with Crippen molar-refractivity contribution in [3.63, 3.8) is 0 Å². The van der Waals surface area contributed by atoms with Crippen molar-refractivity contribution in [2.45, 2.75) is 13.0 Å². The molecule has 0 aromatic heterocycles. The van der Waals surface area contributed by atoms with Gasteiger partial charge in [0.05, 0.1) is 0 Å². The second-order valence-electron chi connectivity index (χ2n) is 4.39. The van der Waals surface area contributed by atoms with Crippen molar-refractivity contribution in [2.75, 3.05) is 18.1 Å². The van der Waals surface area contributed by atoms with Gasteiger partial charge in [0, 0.05) is 33.4 Å². The summed E-state index contributed by atoms with van der Waals surface area (Å²) >= 11 is 5.85. The van der Waals surface area contributed by atoms with Crippen LogP contribution in [0.3, 0.4) is 0 Å². The van der Waals surface area contributed by atoms with Crippen LogP contribution >= 0.6 is 11.6 Å². The lowest BCUT2D eigenvalue weighted by Gasteiger charge is -2.16. The van der Waals surface area contributed by atoms with Crippen molar-refractivity contribution in [1.29, 1.82) is 0 Å². The van der Waals surface area contributed by atoms with Crippen LogP contribution in [0.2, 0.25) is 5.02 Å². The summed E-state index contributed by atoms with van der Waals surface area (Å²) in [5.41, 5.74) is 1.17. The molecule has 0 aliphatic carbocycles. The first-order chi connectivity index (χ1) is 7.65. The lowest BCUT2D eigenvalue weighted by atomic mass is 10.1. The third-order valence-corrected chi connectivity index (χ3v) is 4.71. The summed E-state index contributed by atoms with van der Waals surface area (Å²) in [6.07, 6.45) is 0. The minimum atomic E-state index is -0.719. The molecule has 3 unspecified atom stereocenters.